The third kappa shape index (κ3) is 2.56. The molecule has 0 spiro atoms. The van der Waals surface area contributed by atoms with Crippen LogP contribution in [0, 0.1) is 0 Å². The maximum Gasteiger partial charge on any atom is 0.188 e. The molecule has 2 heterocycles. The number of ether oxygens (including phenoxy) is 1. The Balaban J connectivity index is 1.80. The smallest absolute Gasteiger partial charge is 0.188 e. The number of para-hydroxylation sites is 1. The molecule has 27 heavy (non-hydrogen) atoms. The van der Waals surface area contributed by atoms with E-state index in [0.717, 1.165) is 28.1 Å². The summed E-state index contributed by atoms with van der Waals surface area (Å²) < 4.78 is 12.5. The van der Waals surface area contributed by atoms with Crippen LogP contribution in [-0.4, -0.2) is 0 Å². The number of anilines is 1. The molecule has 1 aliphatic rings. The minimum Gasteiger partial charge on any atom is -0.465 e. The fraction of sp³-hybridized carbons (Fsp3) is 0.0833. The van der Waals surface area contributed by atoms with Crippen LogP contribution in [0.1, 0.15) is 28.7 Å². The Morgan fingerprint density at radius 1 is 0.667 bits per heavy atom. The van der Waals surface area contributed by atoms with Gasteiger partial charge in [0, 0.05) is 11.3 Å². The highest BCUT2D eigenvalue weighted by atomic mass is 16.5. The molecule has 0 aliphatic carbocycles. The maximum atomic E-state index is 6.81. The van der Waals surface area contributed by atoms with Gasteiger partial charge in [-0.3, -0.25) is 0 Å². The first-order valence-electron chi connectivity index (χ1n) is 9.06. The van der Waals surface area contributed by atoms with Gasteiger partial charge >= 0.3 is 0 Å². The molecule has 1 N–H and O–H groups in total. The maximum absolute atomic E-state index is 6.81. The molecule has 1 aliphatic heterocycles. The highest BCUT2D eigenvalue weighted by Gasteiger charge is 2.45. The van der Waals surface area contributed by atoms with E-state index in [1.54, 1.807) is 6.26 Å². The first-order chi connectivity index (χ1) is 13.4. The summed E-state index contributed by atoms with van der Waals surface area (Å²) in [5, 5.41) is 3.48. The van der Waals surface area contributed by atoms with Crippen molar-refractivity contribution < 1.29 is 9.15 Å². The van der Waals surface area contributed by atoms with E-state index in [0.29, 0.717) is 0 Å². The number of hydrogen-bond donors (Lipinski definition) is 1. The molecule has 4 aromatic rings. The molecule has 3 heteroatoms. The van der Waals surface area contributed by atoms with Crippen molar-refractivity contribution in [2.24, 2.45) is 0 Å². The van der Waals surface area contributed by atoms with Crippen molar-refractivity contribution in [2.45, 2.75) is 11.8 Å². The summed E-state index contributed by atoms with van der Waals surface area (Å²) in [4.78, 5) is 0. The van der Waals surface area contributed by atoms with Crippen molar-refractivity contribution >= 4 is 5.69 Å². The summed E-state index contributed by atoms with van der Waals surface area (Å²) in [5.74, 6) is 0.751. The van der Waals surface area contributed by atoms with Crippen LogP contribution >= 0.6 is 0 Å². The summed E-state index contributed by atoms with van der Waals surface area (Å²) in [5.41, 5.74) is 3.56. The van der Waals surface area contributed by atoms with Crippen LogP contribution in [-0.2, 0) is 10.3 Å². The average Bonchev–Trinajstić information content (AvgIpc) is 3.29. The topological polar surface area (TPSA) is 34.4 Å². The summed E-state index contributed by atoms with van der Waals surface area (Å²) in [6.07, 6.45) is 1.28. The van der Waals surface area contributed by atoms with Crippen molar-refractivity contribution in [3.63, 3.8) is 0 Å². The van der Waals surface area contributed by atoms with Crippen LogP contribution in [0.15, 0.2) is 108 Å². The second kappa shape index (κ2) is 6.45. The Kier molecular flexibility index (Phi) is 3.80. The Bertz CT molecular complexity index is 987. The Morgan fingerprint density at radius 3 is 1.93 bits per heavy atom. The van der Waals surface area contributed by atoms with E-state index >= 15 is 0 Å². The van der Waals surface area contributed by atoms with Crippen LogP contribution < -0.4 is 5.32 Å². The fourth-order valence-corrected chi connectivity index (χ4v) is 3.86. The molecule has 3 nitrogen and oxygen atoms in total. The van der Waals surface area contributed by atoms with E-state index in [1.807, 2.05) is 30.3 Å². The number of nitrogens with one attached hydrogen (secondary N) is 1. The van der Waals surface area contributed by atoms with Crippen molar-refractivity contribution in [3.05, 3.63) is 126 Å². The molecule has 0 bridgehead atoms. The predicted molar refractivity (Wildman–Crippen MR) is 105 cm³/mol. The van der Waals surface area contributed by atoms with Crippen LogP contribution in [0.25, 0.3) is 0 Å². The average molecular weight is 353 g/mol. The van der Waals surface area contributed by atoms with Crippen molar-refractivity contribution in [3.8, 4) is 0 Å². The molecular weight excluding hydrogens is 334 g/mol. The first kappa shape index (κ1) is 15.9. The molecule has 5 rings (SSSR count). The van der Waals surface area contributed by atoms with Gasteiger partial charge in [0.2, 0.25) is 0 Å². The molecule has 132 valence electrons. The van der Waals surface area contributed by atoms with Crippen molar-refractivity contribution in [1.82, 2.24) is 0 Å². The first-order valence-corrected chi connectivity index (χ1v) is 9.06. The molecule has 0 saturated carbocycles. The van der Waals surface area contributed by atoms with Gasteiger partial charge in [0.15, 0.2) is 12.0 Å². The minimum absolute atomic E-state index is 0.393. The zero-order chi connectivity index (χ0) is 18.1. The molecule has 0 radical (unpaired) electrons. The standard InChI is InChI=1S/C24H19NO2/c1-3-10-18(11-4-1)24(19-12-5-2-6-13-19)20-14-7-8-15-21(20)25-23(27-24)22-16-9-17-26-22/h1-17,23,25H/t23-/m0/s1. The second-order valence-corrected chi connectivity index (χ2v) is 6.62. The lowest BCUT2D eigenvalue weighted by molar-refractivity contribution is -0.0520. The van der Waals surface area contributed by atoms with Crippen molar-refractivity contribution in [1.29, 1.82) is 0 Å². The van der Waals surface area contributed by atoms with Gasteiger partial charge in [-0.05, 0) is 29.3 Å². The molecule has 0 unspecified atom stereocenters. The van der Waals surface area contributed by atoms with Gasteiger partial charge in [-0.25, -0.2) is 0 Å². The summed E-state index contributed by atoms with van der Waals surface area (Å²) in [6, 6.07) is 32.9. The lowest BCUT2D eigenvalue weighted by Gasteiger charge is -2.43. The van der Waals surface area contributed by atoms with E-state index in [1.165, 1.54) is 0 Å². The van der Waals surface area contributed by atoms with Crippen LogP contribution in [0.2, 0.25) is 0 Å². The molecule has 1 aromatic heterocycles. The van der Waals surface area contributed by atoms with E-state index in [9.17, 15) is 0 Å². The molecule has 0 saturated heterocycles. The highest BCUT2D eigenvalue weighted by Crippen LogP contribution is 2.49. The number of benzene rings is 3. The minimum atomic E-state index is -0.734. The molecule has 3 aromatic carbocycles. The number of furan rings is 1. The fourth-order valence-electron chi connectivity index (χ4n) is 3.86. The quantitative estimate of drug-likeness (QED) is 0.512. The zero-order valence-corrected chi connectivity index (χ0v) is 14.7. The Hall–Kier alpha value is -3.30. The third-order valence-electron chi connectivity index (χ3n) is 5.05. The molecule has 0 amide bonds. The van der Waals surface area contributed by atoms with E-state index in [-0.39, 0.29) is 0 Å². The Labute approximate surface area is 158 Å². The number of hydrogen-bond acceptors (Lipinski definition) is 3. The molecular formula is C24H19NO2. The predicted octanol–water partition coefficient (Wildman–Crippen LogP) is 5.71. The lowest BCUT2D eigenvalue weighted by Crippen LogP contribution is -2.40. The summed E-state index contributed by atoms with van der Waals surface area (Å²) in [6.45, 7) is 0. The SMILES string of the molecule is c1ccc(C2(c3ccccc3)O[C@@H](c3ccco3)Nc3ccccc32)cc1. The van der Waals surface area contributed by atoms with Crippen molar-refractivity contribution in [2.75, 3.05) is 5.32 Å². The van der Waals surface area contributed by atoms with Gasteiger partial charge in [0.1, 0.15) is 5.60 Å². The van der Waals surface area contributed by atoms with Gasteiger partial charge in [-0.15, -0.1) is 0 Å². The van der Waals surface area contributed by atoms with E-state index in [4.69, 9.17) is 9.15 Å². The van der Waals surface area contributed by atoms with E-state index < -0.39 is 11.8 Å². The van der Waals surface area contributed by atoms with Crippen LogP contribution in [0.4, 0.5) is 5.69 Å². The normalized spacial score (nSPS) is 17.7. The summed E-state index contributed by atoms with van der Waals surface area (Å²) in [7, 11) is 0. The van der Waals surface area contributed by atoms with Gasteiger partial charge in [0.25, 0.3) is 0 Å². The molecule has 0 fully saturated rings. The zero-order valence-electron chi connectivity index (χ0n) is 14.7. The lowest BCUT2D eigenvalue weighted by atomic mass is 9.78. The highest BCUT2D eigenvalue weighted by molar-refractivity contribution is 5.63. The summed E-state index contributed by atoms with van der Waals surface area (Å²) >= 11 is 0. The molecule has 1 atom stereocenters. The monoisotopic (exact) mass is 353 g/mol. The van der Waals surface area contributed by atoms with E-state index in [2.05, 4.69) is 72.0 Å². The van der Waals surface area contributed by atoms with Crippen LogP contribution in [0.3, 0.4) is 0 Å². The number of rotatable bonds is 3. The van der Waals surface area contributed by atoms with Gasteiger partial charge in [-0.2, -0.15) is 0 Å². The van der Waals surface area contributed by atoms with Gasteiger partial charge in [-0.1, -0.05) is 78.9 Å². The largest absolute Gasteiger partial charge is 0.465 e. The Morgan fingerprint density at radius 2 is 1.30 bits per heavy atom. The van der Waals surface area contributed by atoms with Gasteiger partial charge in [0.05, 0.1) is 6.26 Å². The van der Waals surface area contributed by atoms with Gasteiger partial charge < -0.3 is 14.5 Å². The number of fused-ring (bicyclic) bond motifs is 1. The second-order valence-electron chi connectivity index (χ2n) is 6.62. The van der Waals surface area contributed by atoms with Crippen LogP contribution in [0.5, 0.6) is 0 Å². The third-order valence-corrected chi connectivity index (χ3v) is 5.05.